The van der Waals surface area contributed by atoms with E-state index in [0.29, 0.717) is 0 Å². The fourth-order valence-electron chi connectivity index (χ4n) is 2.66. The average Bonchev–Trinajstić information content (AvgIpc) is 2.60. The third-order valence-electron chi connectivity index (χ3n) is 3.75. The maximum atomic E-state index is 12.3. The molecule has 0 bridgehead atoms. The van der Waals surface area contributed by atoms with Crippen molar-refractivity contribution in [2.45, 2.75) is 20.8 Å². The molecular formula is C16H14O. The molecule has 0 aliphatic heterocycles. The molecule has 0 N–H and O–H groups in total. The van der Waals surface area contributed by atoms with E-state index in [2.05, 4.69) is 26.8 Å². The number of hydrogen-bond donors (Lipinski definition) is 0. The Labute approximate surface area is 101 Å². The quantitative estimate of drug-likeness (QED) is 0.565. The lowest BCUT2D eigenvalue weighted by atomic mass is 9.94. The number of ketones is 1. The lowest BCUT2D eigenvalue weighted by molar-refractivity contribution is 0.104. The molecule has 0 heterocycles. The van der Waals surface area contributed by atoms with Crippen molar-refractivity contribution in [3.05, 3.63) is 58.1 Å². The number of carbonyl (C=O) groups is 1. The highest BCUT2D eigenvalue weighted by molar-refractivity contribution is 6.22. The zero-order chi connectivity index (χ0) is 12.2. The summed E-state index contributed by atoms with van der Waals surface area (Å²) in [6.07, 6.45) is 0. The van der Waals surface area contributed by atoms with Gasteiger partial charge >= 0.3 is 0 Å². The highest BCUT2D eigenvalue weighted by Gasteiger charge is 2.29. The zero-order valence-corrected chi connectivity index (χ0v) is 10.3. The summed E-state index contributed by atoms with van der Waals surface area (Å²) in [5.41, 5.74) is 7.64. The number of rotatable bonds is 0. The maximum absolute atomic E-state index is 12.3. The van der Waals surface area contributed by atoms with Gasteiger partial charge in [0, 0.05) is 11.1 Å². The Morgan fingerprint density at radius 1 is 0.765 bits per heavy atom. The van der Waals surface area contributed by atoms with E-state index in [1.165, 1.54) is 16.7 Å². The molecule has 0 saturated carbocycles. The molecule has 1 heteroatoms. The Kier molecular flexibility index (Phi) is 1.99. The van der Waals surface area contributed by atoms with Crippen LogP contribution in [0, 0.1) is 20.8 Å². The second-order valence-electron chi connectivity index (χ2n) is 4.76. The van der Waals surface area contributed by atoms with Gasteiger partial charge in [-0.15, -0.1) is 0 Å². The first-order valence-corrected chi connectivity index (χ1v) is 5.86. The van der Waals surface area contributed by atoms with Crippen LogP contribution in [-0.2, 0) is 0 Å². The van der Waals surface area contributed by atoms with E-state index >= 15 is 0 Å². The number of fused-ring (bicyclic) bond motifs is 3. The third kappa shape index (κ3) is 1.22. The van der Waals surface area contributed by atoms with Crippen LogP contribution in [0.2, 0.25) is 0 Å². The standard InChI is InChI=1S/C16H14O/c1-9-7-8-13-15(11(9)3)14-10(2)5-4-6-12(14)16(13)17/h4-8H,1-3H3. The van der Waals surface area contributed by atoms with Gasteiger partial charge in [0.15, 0.2) is 5.78 Å². The molecule has 0 aromatic heterocycles. The second-order valence-corrected chi connectivity index (χ2v) is 4.76. The Morgan fingerprint density at radius 2 is 1.47 bits per heavy atom. The van der Waals surface area contributed by atoms with E-state index in [1.807, 2.05) is 24.3 Å². The van der Waals surface area contributed by atoms with Crippen LogP contribution in [-0.4, -0.2) is 5.78 Å². The molecule has 0 unspecified atom stereocenters. The van der Waals surface area contributed by atoms with E-state index in [4.69, 9.17) is 0 Å². The van der Waals surface area contributed by atoms with Crippen LogP contribution in [0.15, 0.2) is 30.3 Å². The molecule has 0 saturated heterocycles. The van der Waals surface area contributed by atoms with Gasteiger partial charge in [0.05, 0.1) is 0 Å². The summed E-state index contributed by atoms with van der Waals surface area (Å²) in [6, 6.07) is 9.95. The summed E-state index contributed by atoms with van der Waals surface area (Å²) < 4.78 is 0. The van der Waals surface area contributed by atoms with E-state index in [-0.39, 0.29) is 5.78 Å². The first-order valence-electron chi connectivity index (χ1n) is 5.86. The minimum atomic E-state index is 0.168. The van der Waals surface area contributed by atoms with Gasteiger partial charge in [-0.2, -0.15) is 0 Å². The maximum Gasteiger partial charge on any atom is 0.194 e. The lowest BCUT2D eigenvalue weighted by Gasteiger charge is -2.09. The summed E-state index contributed by atoms with van der Waals surface area (Å²) in [6.45, 7) is 6.27. The summed E-state index contributed by atoms with van der Waals surface area (Å²) >= 11 is 0. The minimum absolute atomic E-state index is 0.168. The van der Waals surface area contributed by atoms with Crippen LogP contribution in [0.5, 0.6) is 0 Å². The molecule has 0 amide bonds. The Morgan fingerprint density at radius 3 is 2.24 bits per heavy atom. The average molecular weight is 222 g/mol. The predicted molar refractivity (Wildman–Crippen MR) is 69.5 cm³/mol. The molecular weight excluding hydrogens is 208 g/mol. The molecule has 0 fully saturated rings. The molecule has 0 atom stereocenters. The van der Waals surface area contributed by atoms with Crippen LogP contribution in [0.4, 0.5) is 0 Å². The molecule has 84 valence electrons. The SMILES string of the molecule is Cc1ccc2c(c1C)-c1c(C)cccc1C2=O. The third-order valence-corrected chi connectivity index (χ3v) is 3.75. The molecule has 2 aromatic carbocycles. The summed E-state index contributed by atoms with van der Waals surface area (Å²) in [7, 11) is 0. The van der Waals surface area contributed by atoms with Crippen molar-refractivity contribution < 1.29 is 4.79 Å². The van der Waals surface area contributed by atoms with Gasteiger partial charge in [-0.05, 0) is 48.6 Å². The number of carbonyl (C=O) groups excluding carboxylic acids is 1. The molecule has 0 radical (unpaired) electrons. The fourth-order valence-corrected chi connectivity index (χ4v) is 2.66. The van der Waals surface area contributed by atoms with Gasteiger partial charge in [-0.25, -0.2) is 0 Å². The predicted octanol–water partition coefficient (Wildman–Crippen LogP) is 3.82. The highest BCUT2D eigenvalue weighted by atomic mass is 16.1. The highest BCUT2D eigenvalue weighted by Crippen LogP contribution is 2.41. The molecule has 3 rings (SSSR count). The molecule has 2 aromatic rings. The van der Waals surface area contributed by atoms with Gasteiger partial charge in [0.1, 0.15) is 0 Å². The zero-order valence-electron chi connectivity index (χ0n) is 10.3. The Bertz CT molecular complexity index is 651. The number of aryl methyl sites for hydroxylation is 2. The van der Waals surface area contributed by atoms with Crippen molar-refractivity contribution in [1.29, 1.82) is 0 Å². The molecule has 0 spiro atoms. The van der Waals surface area contributed by atoms with E-state index in [0.717, 1.165) is 22.3 Å². The van der Waals surface area contributed by atoms with Crippen molar-refractivity contribution in [2.75, 3.05) is 0 Å². The summed E-state index contributed by atoms with van der Waals surface area (Å²) in [5, 5.41) is 0. The first kappa shape index (κ1) is 10.3. The molecule has 1 aliphatic carbocycles. The van der Waals surface area contributed by atoms with Crippen molar-refractivity contribution in [3.63, 3.8) is 0 Å². The Hall–Kier alpha value is -1.89. The van der Waals surface area contributed by atoms with Crippen LogP contribution < -0.4 is 0 Å². The van der Waals surface area contributed by atoms with Gasteiger partial charge in [-0.3, -0.25) is 4.79 Å². The fraction of sp³-hybridized carbons (Fsp3) is 0.188. The summed E-state index contributed by atoms with van der Waals surface area (Å²) in [5.74, 6) is 0.168. The van der Waals surface area contributed by atoms with Crippen LogP contribution in [0.1, 0.15) is 32.6 Å². The van der Waals surface area contributed by atoms with Gasteiger partial charge < -0.3 is 0 Å². The first-order chi connectivity index (χ1) is 8.11. The normalized spacial score (nSPS) is 12.5. The van der Waals surface area contributed by atoms with Crippen molar-refractivity contribution >= 4 is 5.78 Å². The molecule has 1 aliphatic rings. The topological polar surface area (TPSA) is 17.1 Å². The minimum Gasteiger partial charge on any atom is -0.289 e. The largest absolute Gasteiger partial charge is 0.289 e. The van der Waals surface area contributed by atoms with Crippen LogP contribution in [0.3, 0.4) is 0 Å². The van der Waals surface area contributed by atoms with Crippen molar-refractivity contribution in [2.24, 2.45) is 0 Å². The number of hydrogen-bond acceptors (Lipinski definition) is 1. The molecule has 17 heavy (non-hydrogen) atoms. The van der Waals surface area contributed by atoms with Gasteiger partial charge in [0.25, 0.3) is 0 Å². The lowest BCUT2D eigenvalue weighted by Crippen LogP contribution is -1.95. The molecule has 1 nitrogen and oxygen atoms in total. The smallest absolute Gasteiger partial charge is 0.194 e. The van der Waals surface area contributed by atoms with Gasteiger partial charge in [0.2, 0.25) is 0 Å². The van der Waals surface area contributed by atoms with Crippen molar-refractivity contribution in [1.82, 2.24) is 0 Å². The van der Waals surface area contributed by atoms with Gasteiger partial charge in [-0.1, -0.05) is 30.3 Å². The van der Waals surface area contributed by atoms with Crippen molar-refractivity contribution in [3.8, 4) is 11.1 Å². The van der Waals surface area contributed by atoms with Crippen LogP contribution >= 0.6 is 0 Å². The van der Waals surface area contributed by atoms with E-state index in [9.17, 15) is 4.79 Å². The van der Waals surface area contributed by atoms with E-state index < -0.39 is 0 Å². The number of benzene rings is 2. The summed E-state index contributed by atoms with van der Waals surface area (Å²) in [4.78, 5) is 12.3. The van der Waals surface area contributed by atoms with Crippen LogP contribution in [0.25, 0.3) is 11.1 Å². The Balaban J connectivity index is 2.48. The van der Waals surface area contributed by atoms with E-state index in [1.54, 1.807) is 0 Å². The monoisotopic (exact) mass is 222 g/mol. The second kappa shape index (κ2) is 3.30.